The van der Waals surface area contributed by atoms with Gasteiger partial charge in [-0.25, -0.2) is 19.3 Å². The van der Waals surface area contributed by atoms with Crippen molar-refractivity contribution in [3.63, 3.8) is 0 Å². The summed E-state index contributed by atoms with van der Waals surface area (Å²) in [5.74, 6) is 0.0240. The summed E-state index contributed by atoms with van der Waals surface area (Å²) in [5.41, 5.74) is 1.17. The van der Waals surface area contributed by atoms with Gasteiger partial charge in [0.2, 0.25) is 5.91 Å². The van der Waals surface area contributed by atoms with Crippen LogP contribution in [0.3, 0.4) is 0 Å². The minimum absolute atomic E-state index is 0.0360. The van der Waals surface area contributed by atoms with Crippen molar-refractivity contribution in [2.45, 2.75) is 65.6 Å². The second-order valence-electron chi connectivity index (χ2n) is 12.3. The van der Waals surface area contributed by atoms with E-state index in [1.165, 1.54) is 0 Å². The molecule has 5 rings (SSSR count). The molecule has 2 amide bonds. The Morgan fingerprint density at radius 1 is 1.00 bits per heavy atom. The molecule has 2 aliphatic rings. The molecule has 15 heteroatoms. The lowest BCUT2D eigenvalue weighted by Crippen LogP contribution is -2.48. The Morgan fingerprint density at radius 3 is 2.40 bits per heavy atom. The van der Waals surface area contributed by atoms with Crippen molar-refractivity contribution in [1.29, 1.82) is 0 Å². The molecule has 48 heavy (non-hydrogen) atoms. The Labute approximate surface area is 276 Å². The van der Waals surface area contributed by atoms with E-state index in [4.69, 9.17) is 4.74 Å². The summed E-state index contributed by atoms with van der Waals surface area (Å²) in [6.45, 7) is 9.69. The number of hydrogen-bond acceptors (Lipinski definition) is 9. The summed E-state index contributed by atoms with van der Waals surface area (Å²) in [7, 11) is 0. The lowest BCUT2D eigenvalue weighted by Gasteiger charge is -2.34. The molecule has 0 unspecified atom stereocenters. The number of nitrogens with one attached hydrogen (secondary N) is 1. The number of hydrogen-bond donors (Lipinski definition) is 1. The molecule has 0 atom stereocenters. The molecule has 258 valence electrons. The first-order valence-corrected chi connectivity index (χ1v) is 16.2. The van der Waals surface area contributed by atoms with Crippen LogP contribution in [-0.4, -0.2) is 93.0 Å². The normalized spacial score (nSPS) is 15.8. The van der Waals surface area contributed by atoms with E-state index >= 15 is 0 Å². The van der Waals surface area contributed by atoms with E-state index < -0.39 is 17.8 Å². The van der Waals surface area contributed by atoms with Crippen molar-refractivity contribution < 1.29 is 32.3 Å². The van der Waals surface area contributed by atoms with Crippen LogP contribution in [0.2, 0.25) is 0 Å². The summed E-state index contributed by atoms with van der Waals surface area (Å²) in [5, 5.41) is 6.75. The Kier molecular flexibility index (Phi) is 11.0. The number of amides is 2. The van der Waals surface area contributed by atoms with Crippen LogP contribution >= 0.6 is 0 Å². The summed E-state index contributed by atoms with van der Waals surface area (Å²) < 4.78 is 49.4. The molecule has 5 heterocycles. The molecule has 2 saturated heterocycles. The van der Waals surface area contributed by atoms with Crippen molar-refractivity contribution in [3.05, 3.63) is 47.3 Å². The van der Waals surface area contributed by atoms with Gasteiger partial charge in [-0.15, -0.1) is 5.10 Å². The van der Waals surface area contributed by atoms with Gasteiger partial charge in [0.05, 0.1) is 17.7 Å². The quantitative estimate of drug-likeness (QED) is 0.285. The van der Waals surface area contributed by atoms with Crippen LogP contribution in [0.25, 0.3) is 16.9 Å². The lowest BCUT2D eigenvalue weighted by atomic mass is 10.1. The molecule has 0 aromatic carbocycles. The Morgan fingerprint density at radius 2 is 1.73 bits per heavy atom. The van der Waals surface area contributed by atoms with E-state index in [1.54, 1.807) is 28.6 Å². The Balaban J connectivity index is 1.37. The van der Waals surface area contributed by atoms with Gasteiger partial charge in [-0.1, -0.05) is 5.57 Å². The molecule has 2 aliphatic heterocycles. The Hall–Kier alpha value is -4.53. The number of alkyl halides is 3. The topological polar surface area (TPSA) is 125 Å². The van der Waals surface area contributed by atoms with E-state index in [9.17, 15) is 27.6 Å². The summed E-state index contributed by atoms with van der Waals surface area (Å²) in [6.07, 6.45) is 2.02. The SMILES string of the molecule is CCOC(=O)Nc1cc(C(F)(F)F)c(-c2nc(N3CCCCC3)c3cc(CN4CCN(C(=O)CCC(=O)C=C(C)C)CC4)cn3n2)cn1. The maximum absolute atomic E-state index is 14.3. The van der Waals surface area contributed by atoms with Crippen LogP contribution < -0.4 is 10.2 Å². The molecule has 0 aliphatic carbocycles. The highest BCUT2D eigenvalue weighted by Gasteiger charge is 2.36. The summed E-state index contributed by atoms with van der Waals surface area (Å²) in [6, 6.07) is 2.72. The van der Waals surface area contributed by atoms with Gasteiger partial charge in [-0.3, -0.25) is 19.8 Å². The number of fused-ring (bicyclic) bond motifs is 1. The fourth-order valence-corrected chi connectivity index (χ4v) is 5.98. The number of carbonyl (C=O) groups excluding carboxylic acids is 3. The fourth-order valence-electron chi connectivity index (χ4n) is 5.98. The molecular weight excluding hydrogens is 629 g/mol. The van der Waals surface area contributed by atoms with E-state index in [-0.39, 0.29) is 48.3 Å². The van der Waals surface area contributed by atoms with Gasteiger partial charge in [-0.05, 0) is 63.8 Å². The number of allylic oxidation sites excluding steroid dienone is 2. The highest BCUT2D eigenvalue weighted by molar-refractivity contribution is 5.93. The van der Waals surface area contributed by atoms with Crippen LogP contribution in [0.15, 0.2) is 36.2 Å². The number of piperazine rings is 1. The zero-order chi connectivity index (χ0) is 34.4. The summed E-state index contributed by atoms with van der Waals surface area (Å²) >= 11 is 0. The number of anilines is 2. The smallest absolute Gasteiger partial charge is 0.417 e. The second-order valence-corrected chi connectivity index (χ2v) is 12.3. The first-order valence-electron chi connectivity index (χ1n) is 16.2. The molecule has 3 aromatic rings. The first-order chi connectivity index (χ1) is 22.9. The number of nitrogens with zero attached hydrogens (tertiary/aromatic N) is 7. The Bertz CT molecular complexity index is 1670. The van der Waals surface area contributed by atoms with Gasteiger partial charge in [0, 0.05) is 71.0 Å². The number of ether oxygens (including phenoxy) is 1. The highest BCUT2D eigenvalue weighted by atomic mass is 19.4. The standard InChI is InChI=1S/C33H41F3N8O4/c1-4-48-32(47)38-28-18-26(33(34,35)36)25(19-37-28)30-39-31(43-10-6-5-7-11-43)27-17-23(21-44(27)40-30)20-41-12-14-42(15-13-41)29(46)9-8-24(45)16-22(2)3/h16-19,21H,4-15,20H2,1-3H3,(H,37,38,47). The largest absolute Gasteiger partial charge is 0.450 e. The monoisotopic (exact) mass is 670 g/mol. The van der Waals surface area contributed by atoms with Crippen LogP contribution in [0.1, 0.15) is 64.0 Å². The zero-order valence-electron chi connectivity index (χ0n) is 27.5. The molecule has 1 N–H and O–H groups in total. The maximum atomic E-state index is 14.3. The van der Waals surface area contributed by atoms with Crippen molar-refractivity contribution in [3.8, 4) is 11.4 Å². The molecule has 3 aromatic heterocycles. The number of pyridine rings is 1. The van der Waals surface area contributed by atoms with Gasteiger partial charge < -0.3 is 14.5 Å². The van der Waals surface area contributed by atoms with Crippen molar-refractivity contribution >= 4 is 34.9 Å². The van der Waals surface area contributed by atoms with Crippen molar-refractivity contribution in [2.75, 3.05) is 56.1 Å². The van der Waals surface area contributed by atoms with E-state index in [0.717, 1.165) is 55.8 Å². The van der Waals surface area contributed by atoms with Crippen molar-refractivity contribution in [1.82, 2.24) is 29.4 Å². The number of carbonyl (C=O) groups is 3. The zero-order valence-corrected chi connectivity index (χ0v) is 27.5. The number of piperidine rings is 1. The average Bonchev–Trinajstić information content (AvgIpc) is 3.45. The van der Waals surface area contributed by atoms with Crippen LogP contribution in [0.4, 0.5) is 29.6 Å². The molecule has 0 spiro atoms. The van der Waals surface area contributed by atoms with Gasteiger partial charge in [0.15, 0.2) is 17.4 Å². The lowest BCUT2D eigenvalue weighted by molar-refractivity contribution is -0.137. The van der Waals surface area contributed by atoms with E-state index in [1.807, 2.05) is 19.9 Å². The third-order valence-electron chi connectivity index (χ3n) is 8.28. The minimum Gasteiger partial charge on any atom is -0.450 e. The number of aromatic nitrogens is 4. The van der Waals surface area contributed by atoms with Crippen LogP contribution in [0, 0.1) is 0 Å². The number of rotatable bonds is 10. The fraction of sp³-hybridized carbons (Fsp3) is 0.515. The predicted octanol–water partition coefficient (Wildman–Crippen LogP) is 5.33. The van der Waals surface area contributed by atoms with Gasteiger partial charge >= 0.3 is 12.3 Å². The van der Waals surface area contributed by atoms with E-state index in [2.05, 4.69) is 30.2 Å². The highest BCUT2D eigenvalue weighted by Crippen LogP contribution is 2.38. The second kappa shape index (κ2) is 15.1. The molecule has 12 nitrogen and oxygen atoms in total. The van der Waals surface area contributed by atoms with Crippen LogP contribution in [-0.2, 0) is 27.0 Å². The van der Waals surface area contributed by atoms with Gasteiger partial charge in [-0.2, -0.15) is 13.2 Å². The first kappa shape index (κ1) is 34.8. The third kappa shape index (κ3) is 8.68. The predicted molar refractivity (Wildman–Crippen MR) is 173 cm³/mol. The third-order valence-corrected chi connectivity index (χ3v) is 8.28. The van der Waals surface area contributed by atoms with Gasteiger partial charge in [0.25, 0.3) is 0 Å². The molecule has 0 radical (unpaired) electrons. The van der Waals surface area contributed by atoms with Crippen molar-refractivity contribution in [2.24, 2.45) is 0 Å². The van der Waals surface area contributed by atoms with Crippen LogP contribution in [0.5, 0.6) is 0 Å². The number of ketones is 1. The minimum atomic E-state index is -4.78. The van der Waals surface area contributed by atoms with E-state index in [0.29, 0.717) is 44.1 Å². The summed E-state index contributed by atoms with van der Waals surface area (Å²) in [4.78, 5) is 51.3. The van der Waals surface area contributed by atoms with Gasteiger partial charge in [0.1, 0.15) is 11.3 Å². The molecular formula is C33H41F3N8O4. The maximum Gasteiger partial charge on any atom is 0.417 e. The number of halogens is 3. The molecule has 0 bridgehead atoms. The molecule has 0 saturated carbocycles. The molecule has 2 fully saturated rings. The average molecular weight is 671 g/mol.